The molecule has 0 amide bonds. The summed E-state index contributed by atoms with van der Waals surface area (Å²) in [6.45, 7) is 15.0. The molecule has 0 bridgehead atoms. The van der Waals surface area contributed by atoms with E-state index < -0.39 is 0 Å². The van der Waals surface area contributed by atoms with E-state index in [1.54, 1.807) is 0 Å². The second kappa shape index (κ2) is 8.32. The van der Waals surface area contributed by atoms with Crippen LogP contribution in [0.15, 0.2) is 66.3 Å². The van der Waals surface area contributed by atoms with E-state index in [4.69, 9.17) is 0 Å². The topological polar surface area (TPSA) is 8.17 Å². The lowest BCUT2D eigenvalue weighted by molar-refractivity contribution is 0.622. The fourth-order valence-electron chi connectivity index (χ4n) is 3.85. The van der Waals surface area contributed by atoms with Crippen molar-refractivity contribution >= 4 is 34.9 Å². The van der Waals surface area contributed by atoms with Gasteiger partial charge in [0.2, 0.25) is 0 Å². The summed E-state index contributed by atoms with van der Waals surface area (Å²) in [6, 6.07) is 15.7. The molecule has 0 spiro atoms. The molecule has 3 heteroatoms. The highest BCUT2D eigenvalue weighted by molar-refractivity contribution is 7.84. The summed E-state index contributed by atoms with van der Waals surface area (Å²) in [5.74, 6) is 0. The van der Waals surface area contributed by atoms with Crippen LogP contribution < -0.4 is 4.90 Å². The van der Waals surface area contributed by atoms with Crippen LogP contribution in [0.5, 0.6) is 0 Å². The first-order valence-electron chi connectivity index (χ1n) is 9.92. The molecule has 0 saturated carbocycles. The Hall–Kier alpha value is -2.39. The third-order valence-electron chi connectivity index (χ3n) is 5.26. The minimum atomic E-state index is 0.404. The predicted octanol–water partition coefficient (Wildman–Crippen LogP) is 7.36. The average Bonchev–Trinajstić information content (AvgIpc) is 3.13. The van der Waals surface area contributed by atoms with E-state index in [2.05, 4.69) is 118 Å². The Bertz CT molecular complexity index is 1040. The Labute approximate surface area is 174 Å². The molecule has 1 aromatic heterocycles. The number of aryl methyl sites for hydroxylation is 2. The van der Waals surface area contributed by atoms with E-state index in [0.29, 0.717) is 11.1 Å². The number of rotatable bonds is 6. The minimum Gasteiger partial charge on any atom is -0.345 e. The van der Waals surface area contributed by atoms with Crippen molar-refractivity contribution < 1.29 is 0 Å². The lowest BCUT2D eigenvalue weighted by atomic mass is 10.0. The number of fused-ring (bicyclic) bond motifs is 1. The van der Waals surface area contributed by atoms with Crippen LogP contribution in [0, 0.1) is 6.92 Å². The van der Waals surface area contributed by atoms with Gasteiger partial charge in [0.05, 0.1) is 16.2 Å². The van der Waals surface area contributed by atoms with Gasteiger partial charge in [0.25, 0.3) is 0 Å². The maximum atomic E-state index is 4.68. The molecule has 0 fully saturated rings. The van der Waals surface area contributed by atoms with Crippen LogP contribution in [0.2, 0.25) is 0 Å². The van der Waals surface area contributed by atoms with Gasteiger partial charge in [0.1, 0.15) is 0 Å². The second-order valence-electron chi connectivity index (χ2n) is 7.46. The number of hydrogen-bond donors (Lipinski definition) is 1. The Balaban J connectivity index is 2.23. The summed E-state index contributed by atoms with van der Waals surface area (Å²) in [5.41, 5.74) is 7.24. The molecule has 0 N–H and O–H groups in total. The molecule has 0 saturated heterocycles. The van der Waals surface area contributed by atoms with E-state index >= 15 is 0 Å². The van der Waals surface area contributed by atoms with Gasteiger partial charge in [-0.15, -0.1) is 12.6 Å². The fourth-order valence-corrected chi connectivity index (χ4v) is 4.07. The number of nitrogens with zero attached hydrogens (tertiary/aromatic N) is 2. The number of anilines is 1. The summed E-state index contributed by atoms with van der Waals surface area (Å²) in [5, 5.41) is 1.92. The van der Waals surface area contributed by atoms with E-state index in [1.165, 1.54) is 27.6 Å². The molecule has 28 heavy (non-hydrogen) atoms. The van der Waals surface area contributed by atoms with Gasteiger partial charge in [0, 0.05) is 23.3 Å². The number of hydrogen-bond acceptors (Lipinski definition) is 2. The zero-order chi connectivity index (χ0) is 20.4. The largest absolute Gasteiger partial charge is 0.345 e. The highest BCUT2D eigenvalue weighted by Gasteiger charge is 2.20. The van der Waals surface area contributed by atoms with Crippen molar-refractivity contribution in [2.45, 2.75) is 47.1 Å². The van der Waals surface area contributed by atoms with E-state index in [9.17, 15) is 0 Å². The maximum Gasteiger partial charge on any atom is 0.0695 e. The van der Waals surface area contributed by atoms with E-state index in [0.717, 1.165) is 17.8 Å². The van der Waals surface area contributed by atoms with Gasteiger partial charge >= 0.3 is 0 Å². The van der Waals surface area contributed by atoms with Crippen molar-refractivity contribution in [1.29, 1.82) is 0 Å². The SMILES string of the molecule is C=C(S)N(/C(=C\C)c1cccc(CC)c1)c1ccc(C)c2c1ccn2C(C)C. The van der Waals surface area contributed by atoms with Crippen molar-refractivity contribution in [2.24, 2.45) is 0 Å². The molecule has 0 radical (unpaired) electrons. The van der Waals surface area contributed by atoms with Crippen molar-refractivity contribution in [3.63, 3.8) is 0 Å². The first kappa shape index (κ1) is 20.3. The number of aromatic nitrogens is 1. The van der Waals surface area contributed by atoms with Gasteiger partial charge in [-0.1, -0.05) is 43.8 Å². The van der Waals surface area contributed by atoms with Crippen LogP contribution in [0.4, 0.5) is 5.69 Å². The summed E-state index contributed by atoms with van der Waals surface area (Å²) in [6.07, 6.45) is 5.33. The Morgan fingerprint density at radius 3 is 2.57 bits per heavy atom. The second-order valence-corrected chi connectivity index (χ2v) is 7.98. The van der Waals surface area contributed by atoms with Gasteiger partial charge in [-0.25, -0.2) is 0 Å². The van der Waals surface area contributed by atoms with Gasteiger partial charge in [0.15, 0.2) is 0 Å². The molecule has 3 aromatic rings. The average molecular weight is 391 g/mol. The van der Waals surface area contributed by atoms with E-state index in [-0.39, 0.29) is 0 Å². The number of benzene rings is 2. The first-order valence-corrected chi connectivity index (χ1v) is 10.4. The van der Waals surface area contributed by atoms with Gasteiger partial charge in [-0.05, 0) is 69.0 Å². The van der Waals surface area contributed by atoms with E-state index in [1.807, 2.05) is 0 Å². The zero-order valence-corrected chi connectivity index (χ0v) is 18.4. The molecule has 0 aliphatic rings. The van der Waals surface area contributed by atoms with Crippen LogP contribution in [-0.2, 0) is 6.42 Å². The smallest absolute Gasteiger partial charge is 0.0695 e. The Morgan fingerprint density at radius 1 is 1.21 bits per heavy atom. The molecule has 0 aliphatic heterocycles. The van der Waals surface area contributed by atoms with Crippen molar-refractivity contribution in [3.05, 3.63) is 83.0 Å². The van der Waals surface area contributed by atoms with Crippen LogP contribution in [0.3, 0.4) is 0 Å². The molecular weight excluding hydrogens is 360 g/mol. The molecule has 3 rings (SSSR count). The van der Waals surface area contributed by atoms with Crippen LogP contribution in [0.1, 0.15) is 50.4 Å². The standard InChI is InChI=1S/C25H30N2S/c1-7-20-10-9-11-21(16-20)23(8-2)27(19(6)28)24-13-12-18(5)25-22(24)14-15-26(25)17(3)4/h8-17,28H,6-7H2,1-5H3/b23-8-. The zero-order valence-electron chi connectivity index (χ0n) is 17.5. The molecule has 146 valence electrons. The van der Waals surface area contributed by atoms with Crippen molar-refractivity contribution in [2.75, 3.05) is 4.90 Å². The number of allylic oxidation sites excluding steroid dienone is 1. The van der Waals surface area contributed by atoms with Gasteiger partial charge in [-0.3, -0.25) is 0 Å². The maximum absolute atomic E-state index is 4.68. The van der Waals surface area contributed by atoms with Crippen LogP contribution in [-0.4, -0.2) is 4.57 Å². The molecular formula is C25H30N2S. The molecule has 0 atom stereocenters. The highest BCUT2D eigenvalue weighted by Crippen LogP contribution is 2.38. The molecule has 0 aliphatic carbocycles. The monoisotopic (exact) mass is 390 g/mol. The first-order chi connectivity index (χ1) is 13.4. The Kier molecular flexibility index (Phi) is 6.04. The highest BCUT2D eigenvalue weighted by atomic mass is 32.1. The lowest BCUT2D eigenvalue weighted by Gasteiger charge is -2.29. The lowest BCUT2D eigenvalue weighted by Crippen LogP contribution is -2.18. The molecule has 2 aromatic carbocycles. The normalized spacial score (nSPS) is 12.0. The molecule has 2 nitrogen and oxygen atoms in total. The third-order valence-corrected chi connectivity index (χ3v) is 5.46. The third kappa shape index (κ3) is 3.64. The summed E-state index contributed by atoms with van der Waals surface area (Å²) in [4.78, 5) is 2.16. The fraction of sp³-hybridized carbons (Fsp3) is 0.280. The quantitative estimate of drug-likeness (QED) is 0.432. The van der Waals surface area contributed by atoms with Gasteiger partial charge < -0.3 is 9.47 Å². The van der Waals surface area contributed by atoms with Gasteiger partial charge in [-0.2, -0.15) is 0 Å². The van der Waals surface area contributed by atoms with Crippen molar-refractivity contribution in [3.8, 4) is 0 Å². The molecule has 1 heterocycles. The predicted molar refractivity (Wildman–Crippen MR) is 127 cm³/mol. The Morgan fingerprint density at radius 2 is 1.96 bits per heavy atom. The summed E-state index contributed by atoms with van der Waals surface area (Å²) >= 11 is 4.68. The number of thiol groups is 1. The van der Waals surface area contributed by atoms with Crippen molar-refractivity contribution in [1.82, 2.24) is 4.57 Å². The van der Waals surface area contributed by atoms with Crippen LogP contribution >= 0.6 is 12.6 Å². The summed E-state index contributed by atoms with van der Waals surface area (Å²) < 4.78 is 2.33. The van der Waals surface area contributed by atoms with Crippen LogP contribution in [0.25, 0.3) is 16.6 Å². The summed E-state index contributed by atoms with van der Waals surface area (Å²) in [7, 11) is 0. The minimum absolute atomic E-state index is 0.404. The molecule has 0 unspecified atom stereocenters.